The highest BCUT2D eigenvalue weighted by Crippen LogP contribution is 2.21. The van der Waals surface area contributed by atoms with Gasteiger partial charge in [-0.1, -0.05) is 55.6 Å². The molecule has 2 aromatic carbocycles. The van der Waals surface area contributed by atoms with Crippen molar-refractivity contribution in [3.63, 3.8) is 0 Å². The van der Waals surface area contributed by atoms with E-state index in [2.05, 4.69) is 31.9 Å². The summed E-state index contributed by atoms with van der Waals surface area (Å²) < 4.78 is 1.82. The highest BCUT2D eigenvalue weighted by atomic mass is 79.9. The Balaban J connectivity index is 2.14. The quantitative estimate of drug-likeness (QED) is 0.677. The van der Waals surface area contributed by atoms with E-state index < -0.39 is 0 Å². The average molecular weight is 418 g/mol. The summed E-state index contributed by atoms with van der Waals surface area (Å²) in [6.45, 7) is 0.552. The standard InChI is InChI=1S/C15H12Br2ClNO/c1-19(9-10-2-4-12(16)5-3-10)15(20)11-6-13(17)8-14(18)7-11/h2-8H,9H2,1H3. The van der Waals surface area contributed by atoms with Crippen LogP contribution in [0.3, 0.4) is 0 Å². The molecule has 2 aromatic rings. The summed E-state index contributed by atoms with van der Waals surface area (Å²) in [7, 11) is 1.78. The maximum Gasteiger partial charge on any atom is 0.253 e. The molecule has 0 aromatic heterocycles. The van der Waals surface area contributed by atoms with Crippen LogP contribution in [0.5, 0.6) is 0 Å². The van der Waals surface area contributed by atoms with Crippen molar-refractivity contribution in [1.29, 1.82) is 0 Å². The van der Waals surface area contributed by atoms with Crippen molar-refractivity contribution in [2.45, 2.75) is 6.54 Å². The Kier molecular flexibility index (Phi) is 5.24. The van der Waals surface area contributed by atoms with Crippen molar-refractivity contribution < 1.29 is 4.79 Å². The lowest BCUT2D eigenvalue weighted by molar-refractivity contribution is 0.0785. The average Bonchev–Trinajstić information content (AvgIpc) is 2.39. The molecule has 0 heterocycles. The molecule has 5 heteroatoms. The third-order valence-corrected chi connectivity index (χ3v) is 3.99. The topological polar surface area (TPSA) is 20.3 Å². The zero-order valence-electron chi connectivity index (χ0n) is 10.7. The van der Waals surface area contributed by atoms with Gasteiger partial charge in [-0.05, 0) is 35.9 Å². The van der Waals surface area contributed by atoms with Crippen molar-refractivity contribution in [2.24, 2.45) is 0 Å². The largest absolute Gasteiger partial charge is 0.337 e. The number of carbonyl (C=O) groups is 1. The number of carbonyl (C=O) groups excluding carboxylic acids is 1. The Morgan fingerprint density at radius 1 is 1.10 bits per heavy atom. The Labute approximate surface area is 140 Å². The molecule has 0 N–H and O–H groups in total. The fraction of sp³-hybridized carbons (Fsp3) is 0.133. The summed E-state index contributed by atoms with van der Waals surface area (Å²) in [6, 6.07) is 13.1. The molecule has 0 atom stereocenters. The van der Waals surface area contributed by atoms with Crippen LogP contribution >= 0.6 is 43.5 Å². The van der Waals surface area contributed by atoms with E-state index in [0.717, 1.165) is 14.5 Å². The fourth-order valence-electron chi connectivity index (χ4n) is 1.83. The van der Waals surface area contributed by atoms with Gasteiger partial charge in [0.05, 0.1) is 0 Å². The summed E-state index contributed by atoms with van der Waals surface area (Å²) in [6.07, 6.45) is 0. The van der Waals surface area contributed by atoms with E-state index in [0.29, 0.717) is 17.1 Å². The minimum atomic E-state index is -0.0591. The Morgan fingerprint density at radius 3 is 2.35 bits per heavy atom. The molecule has 1 amide bonds. The van der Waals surface area contributed by atoms with E-state index >= 15 is 0 Å². The van der Waals surface area contributed by atoms with Crippen molar-refractivity contribution in [3.8, 4) is 0 Å². The number of benzene rings is 2. The molecule has 104 valence electrons. The predicted molar refractivity (Wildman–Crippen MR) is 89.1 cm³/mol. The predicted octanol–water partition coefficient (Wildman–Crippen LogP) is 5.14. The maximum absolute atomic E-state index is 12.4. The van der Waals surface area contributed by atoms with Crippen LogP contribution < -0.4 is 0 Å². The number of amides is 1. The number of halogens is 3. The second-order valence-electron chi connectivity index (χ2n) is 4.45. The molecule has 0 spiro atoms. The molecule has 0 saturated heterocycles. The van der Waals surface area contributed by atoms with Gasteiger partial charge in [-0.15, -0.1) is 0 Å². The van der Waals surface area contributed by atoms with Crippen LogP contribution in [0.15, 0.2) is 51.4 Å². The first kappa shape index (κ1) is 15.5. The normalized spacial score (nSPS) is 10.4. The number of nitrogens with zero attached hydrogens (tertiary/aromatic N) is 1. The van der Waals surface area contributed by atoms with E-state index in [-0.39, 0.29) is 5.91 Å². The van der Waals surface area contributed by atoms with Gasteiger partial charge in [0.2, 0.25) is 0 Å². The molecule has 0 aliphatic carbocycles. The molecular formula is C15H12Br2ClNO. The monoisotopic (exact) mass is 415 g/mol. The summed E-state index contributed by atoms with van der Waals surface area (Å²) in [5.74, 6) is -0.0591. The third-order valence-electron chi connectivity index (χ3n) is 2.79. The number of rotatable bonds is 3. The summed E-state index contributed by atoms with van der Waals surface area (Å²) in [5.41, 5.74) is 1.65. The zero-order valence-corrected chi connectivity index (χ0v) is 14.7. The van der Waals surface area contributed by atoms with Gasteiger partial charge in [0, 0.05) is 33.1 Å². The fourth-order valence-corrected chi connectivity index (χ4v) is 2.96. The van der Waals surface area contributed by atoms with Crippen LogP contribution in [0, 0.1) is 0 Å². The van der Waals surface area contributed by atoms with Gasteiger partial charge in [-0.3, -0.25) is 4.79 Å². The zero-order chi connectivity index (χ0) is 14.7. The molecule has 0 radical (unpaired) electrons. The van der Waals surface area contributed by atoms with Crippen LogP contribution in [-0.4, -0.2) is 17.9 Å². The Morgan fingerprint density at radius 2 is 1.75 bits per heavy atom. The molecule has 0 aliphatic heterocycles. The molecule has 0 aliphatic rings. The van der Waals surface area contributed by atoms with E-state index in [1.165, 1.54) is 0 Å². The molecule has 0 saturated carbocycles. The molecular weight excluding hydrogens is 405 g/mol. The number of hydrogen-bond donors (Lipinski definition) is 0. The summed E-state index contributed by atoms with van der Waals surface area (Å²) in [4.78, 5) is 14.0. The van der Waals surface area contributed by atoms with Crippen molar-refractivity contribution in [2.75, 3.05) is 7.05 Å². The van der Waals surface area contributed by atoms with Crippen LogP contribution in [0.1, 0.15) is 15.9 Å². The van der Waals surface area contributed by atoms with Crippen molar-refractivity contribution >= 4 is 49.4 Å². The highest BCUT2D eigenvalue weighted by molar-refractivity contribution is 9.10. The lowest BCUT2D eigenvalue weighted by Crippen LogP contribution is -2.26. The van der Waals surface area contributed by atoms with E-state index in [1.807, 2.05) is 24.3 Å². The first-order valence-electron chi connectivity index (χ1n) is 5.92. The third kappa shape index (κ3) is 4.08. The molecule has 0 unspecified atom stereocenters. The smallest absolute Gasteiger partial charge is 0.253 e. The van der Waals surface area contributed by atoms with Crippen LogP contribution in [-0.2, 0) is 6.54 Å². The lowest BCUT2D eigenvalue weighted by Gasteiger charge is -2.17. The van der Waals surface area contributed by atoms with Gasteiger partial charge < -0.3 is 4.90 Å². The van der Waals surface area contributed by atoms with E-state index in [4.69, 9.17) is 11.6 Å². The van der Waals surface area contributed by atoms with E-state index in [1.54, 1.807) is 30.1 Å². The molecule has 2 nitrogen and oxygen atoms in total. The van der Waals surface area contributed by atoms with E-state index in [9.17, 15) is 4.79 Å². The van der Waals surface area contributed by atoms with Gasteiger partial charge in [-0.25, -0.2) is 0 Å². The number of hydrogen-bond acceptors (Lipinski definition) is 1. The first-order chi connectivity index (χ1) is 9.45. The van der Waals surface area contributed by atoms with Crippen LogP contribution in [0.2, 0.25) is 5.02 Å². The van der Waals surface area contributed by atoms with Gasteiger partial charge in [0.25, 0.3) is 5.91 Å². The highest BCUT2D eigenvalue weighted by Gasteiger charge is 2.13. The molecule has 0 fully saturated rings. The maximum atomic E-state index is 12.4. The molecule has 20 heavy (non-hydrogen) atoms. The summed E-state index contributed by atoms with van der Waals surface area (Å²) >= 11 is 12.7. The van der Waals surface area contributed by atoms with Gasteiger partial charge >= 0.3 is 0 Å². The second-order valence-corrected chi connectivity index (χ2v) is 6.71. The van der Waals surface area contributed by atoms with Crippen LogP contribution in [0.4, 0.5) is 0 Å². The van der Waals surface area contributed by atoms with Gasteiger partial charge in [0.15, 0.2) is 0 Å². The minimum Gasteiger partial charge on any atom is -0.337 e. The minimum absolute atomic E-state index is 0.0591. The molecule has 2 rings (SSSR count). The first-order valence-corrected chi connectivity index (χ1v) is 7.88. The Bertz CT molecular complexity index is 608. The SMILES string of the molecule is CN(Cc1ccc(Br)cc1)C(=O)c1cc(Cl)cc(Br)c1. The Hall–Kier alpha value is -0.840. The summed E-state index contributed by atoms with van der Waals surface area (Å²) in [5, 5.41) is 0.541. The molecule has 0 bridgehead atoms. The van der Waals surface area contributed by atoms with Crippen LogP contribution in [0.25, 0.3) is 0 Å². The van der Waals surface area contributed by atoms with Gasteiger partial charge in [0.1, 0.15) is 0 Å². The van der Waals surface area contributed by atoms with Crippen molar-refractivity contribution in [3.05, 3.63) is 67.6 Å². The van der Waals surface area contributed by atoms with Gasteiger partial charge in [-0.2, -0.15) is 0 Å². The second kappa shape index (κ2) is 6.74. The van der Waals surface area contributed by atoms with Crippen molar-refractivity contribution in [1.82, 2.24) is 4.90 Å². The lowest BCUT2D eigenvalue weighted by atomic mass is 10.1.